The van der Waals surface area contributed by atoms with Crippen molar-refractivity contribution in [3.05, 3.63) is 83.0 Å². The molecule has 0 atom stereocenters. The molecule has 8 heteroatoms. The Labute approximate surface area is 241 Å². The van der Waals surface area contributed by atoms with Gasteiger partial charge in [-0.05, 0) is 54.6 Å². The fourth-order valence-electron chi connectivity index (χ4n) is 5.11. The Bertz CT molecular complexity index is 1560. The predicted molar refractivity (Wildman–Crippen MR) is 161 cm³/mol. The number of fused-ring (bicyclic) bond motifs is 1. The highest BCUT2D eigenvalue weighted by atomic mass is 16.5. The zero-order valence-electron chi connectivity index (χ0n) is 24.5. The third kappa shape index (κ3) is 6.50. The minimum absolute atomic E-state index is 0.249. The van der Waals surface area contributed by atoms with Gasteiger partial charge in [-0.2, -0.15) is 5.10 Å². The zero-order valence-corrected chi connectivity index (χ0v) is 24.5. The van der Waals surface area contributed by atoms with Crippen LogP contribution >= 0.6 is 0 Å². The number of carbonyl (C=O) groups excluding carboxylic acids is 2. The average Bonchev–Trinajstić information content (AvgIpc) is 3.37. The highest BCUT2D eigenvalue weighted by Crippen LogP contribution is 2.30. The van der Waals surface area contributed by atoms with Crippen LogP contribution in [-0.2, 0) is 14.9 Å². The van der Waals surface area contributed by atoms with E-state index in [0.717, 1.165) is 60.7 Å². The van der Waals surface area contributed by atoms with Gasteiger partial charge in [0.15, 0.2) is 0 Å². The lowest BCUT2D eigenvalue weighted by atomic mass is 9.92. The molecule has 214 valence electrons. The van der Waals surface area contributed by atoms with Crippen molar-refractivity contribution in [2.75, 3.05) is 44.8 Å². The van der Waals surface area contributed by atoms with Gasteiger partial charge in [0.05, 0.1) is 24.6 Å². The first kappa shape index (κ1) is 28.5. The molecule has 1 aliphatic heterocycles. The third-order valence-electron chi connectivity index (χ3n) is 7.27. The number of nitrogens with zero attached hydrogens (tertiary/aromatic N) is 3. The van der Waals surface area contributed by atoms with Gasteiger partial charge in [-0.3, -0.25) is 14.5 Å². The Hall–Kier alpha value is -4.01. The standard InChI is InChI=1S/C33H38N4O4/c1-22-18-23(2)20-24(19-22)37-30(21-29(35-37)33(3,4)5)34-32(39)31(38)27-10-11-28(26-9-7-6-8-25(26)27)41-17-14-36-12-15-40-16-13-36/h6-11,18-21H,12-17H2,1-5H3,(H,34,39). The first-order chi connectivity index (χ1) is 19.6. The summed E-state index contributed by atoms with van der Waals surface area (Å²) < 4.78 is 13.2. The van der Waals surface area contributed by atoms with E-state index in [1.165, 1.54) is 0 Å². The molecule has 2 heterocycles. The lowest BCUT2D eigenvalue weighted by Gasteiger charge is -2.26. The van der Waals surface area contributed by atoms with Gasteiger partial charge in [-0.25, -0.2) is 4.68 Å². The molecule has 8 nitrogen and oxygen atoms in total. The molecule has 0 spiro atoms. The molecule has 5 rings (SSSR count). The van der Waals surface area contributed by atoms with Crippen molar-refractivity contribution in [3.63, 3.8) is 0 Å². The predicted octanol–water partition coefficient (Wildman–Crippen LogP) is 5.47. The number of hydrogen-bond acceptors (Lipinski definition) is 6. The van der Waals surface area contributed by atoms with E-state index < -0.39 is 11.7 Å². The first-order valence-electron chi connectivity index (χ1n) is 14.1. The molecule has 1 aromatic heterocycles. The number of aromatic nitrogens is 2. The van der Waals surface area contributed by atoms with Gasteiger partial charge >= 0.3 is 0 Å². The van der Waals surface area contributed by atoms with E-state index in [-0.39, 0.29) is 5.41 Å². The Morgan fingerprint density at radius 2 is 1.63 bits per heavy atom. The molecule has 0 radical (unpaired) electrons. The van der Waals surface area contributed by atoms with Crippen LogP contribution < -0.4 is 10.1 Å². The summed E-state index contributed by atoms with van der Waals surface area (Å²) in [5.74, 6) is -0.201. The number of carbonyl (C=O) groups is 2. The third-order valence-corrected chi connectivity index (χ3v) is 7.27. The summed E-state index contributed by atoms with van der Waals surface area (Å²) in [6, 6.07) is 18.9. The molecule has 0 bridgehead atoms. The number of morpholine rings is 1. The van der Waals surface area contributed by atoms with E-state index in [0.29, 0.717) is 29.1 Å². The summed E-state index contributed by atoms with van der Waals surface area (Å²) >= 11 is 0. The van der Waals surface area contributed by atoms with Gasteiger partial charge in [0, 0.05) is 42.1 Å². The van der Waals surface area contributed by atoms with Crippen LogP contribution in [0, 0.1) is 13.8 Å². The molecule has 1 fully saturated rings. The number of nitrogens with one attached hydrogen (secondary N) is 1. The van der Waals surface area contributed by atoms with E-state index in [9.17, 15) is 9.59 Å². The topological polar surface area (TPSA) is 85.7 Å². The van der Waals surface area contributed by atoms with Gasteiger partial charge in [0.2, 0.25) is 0 Å². The number of aryl methyl sites for hydroxylation is 2. The number of hydrogen-bond donors (Lipinski definition) is 1. The van der Waals surface area contributed by atoms with Gasteiger partial charge in [0.1, 0.15) is 18.2 Å². The van der Waals surface area contributed by atoms with Crippen LogP contribution in [0.3, 0.4) is 0 Å². The molecule has 0 aliphatic carbocycles. The number of rotatable bonds is 8. The molecule has 3 aromatic carbocycles. The number of ketones is 1. The van der Waals surface area contributed by atoms with E-state index in [1.807, 2.05) is 56.3 Å². The minimum atomic E-state index is -0.720. The number of anilines is 1. The highest BCUT2D eigenvalue weighted by molar-refractivity contribution is 6.48. The summed E-state index contributed by atoms with van der Waals surface area (Å²) in [6.45, 7) is 14.8. The summed E-state index contributed by atoms with van der Waals surface area (Å²) in [5.41, 5.74) is 3.88. The molecular weight excluding hydrogens is 516 g/mol. The SMILES string of the molecule is Cc1cc(C)cc(-n2nc(C(C)(C)C)cc2NC(=O)C(=O)c2ccc(OCCN3CCOCC3)c3ccccc23)c1. The molecule has 1 saturated heterocycles. The van der Waals surface area contributed by atoms with Gasteiger partial charge in [-0.1, -0.05) is 51.1 Å². The second-order valence-corrected chi connectivity index (χ2v) is 11.7. The van der Waals surface area contributed by atoms with Crippen LogP contribution in [0.5, 0.6) is 5.75 Å². The largest absolute Gasteiger partial charge is 0.492 e. The van der Waals surface area contributed by atoms with E-state index in [4.69, 9.17) is 14.6 Å². The fraction of sp³-hybridized carbons (Fsp3) is 0.364. The number of ether oxygens (including phenoxy) is 2. The monoisotopic (exact) mass is 554 g/mol. The lowest BCUT2D eigenvalue weighted by molar-refractivity contribution is -0.112. The second-order valence-electron chi connectivity index (χ2n) is 11.7. The maximum absolute atomic E-state index is 13.6. The Balaban J connectivity index is 1.40. The quantitative estimate of drug-likeness (QED) is 0.230. The molecule has 1 aliphatic rings. The normalized spacial score (nSPS) is 14.3. The van der Waals surface area contributed by atoms with Crippen molar-refractivity contribution in [1.29, 1.82) is 0 Å². The maximum Gasteiger partial charge on any atom is 0.297 e. The Morgan fingerprint density at radius 1 is 0.951 bits per heavy atom. The van der Waals surface area contributed by atoms with Crippen molar-refractivity contribution in [2.24, 2.45) is 0 Å². The van der Waals surface area contributed by atoms with Crippen LogP contribution in [0.2, 0.25) is 0 Å². The number of benzene rings is 3. The van der Waals surface area contributed by atoms with Gasteiger partial charge < -0.3 is 14.8 Å². The number of Topliss-reactive ketones (excluding diaryl/α,β-unsaturated/α-hetero) is 1. The van der Waals surface area contributed by atoms with Crippen LogP contribution in [0.1, 0.15) is 48.0 Å². The molecule has 1 amide bonds. The van der Waals surface area contributed by atoms with Crippen molar-refractivity contribution < 1.29 is 19.1 Å². The van der Waals surface area contributed by atoms with E-state index in [1.54, 1.807) is 16.8 Å². The summed E-state index contributed by atoms with van der Waals surface area (Å²) in [5, 5.41) is 9.13. The van der Waals surface area contributed by atoms with Crippen molar-refractivity contribution in [2.45, 2.75) is 40.0 Å². The highest BCUT2D eigenvalue weighted by Gasteiger charge is 2.25. The molecule has 1 N–H and O–H groups in total. The lowest BCUT2D eigenvalue weighted by Crippen LogP contribution is -2.38. The van der Waals surface area contributed by atoms with Crippen molar-refractivity contribution >= 4 is 28.3 Å². The fourth-order valence-corrected chi connectivity index (χ4v) is 5.11. The van der Waals surface area contributed by atoms with Crippen LogP contribution in [0.15, 0.2) is 60.7 Å². The van der Waals surface area contributed by atoms with Crippen molar-refractivity contribution in [1.82, 2.24) is 14.7 Å². The molecule has 0 unspecified atom stereocenters. The molecule has 4 aromatic rings. The maximum atomic E-state index is 13.6. The van der Waals surface area contributed by atoms with Crippen LogP contribution in [-0.4, -0.2) is 65.8 Å². The van der Waals surface area contributed by atoms with E-state index >= 15 is 0 Å². The van der Waals surface area contributed by atoms with Gasteiger partial charge in [0.25, 0.3) is 11.7 Å². The summed E-state index contributed by atoms with van der Waals surface area (Å²) in [4.78, 5) is 29.3. The van der Waals surface area contributed by atoms with E-state index in [2.05, 4.69) is 37.1 Å². The van der Waals surface area contributed by atoms with Crippen molar-refractivity contribution in [3.8, 4) is 11.4 Å². The Morgan fingerprint density at radius 3 is 2.32 bits per heavy atom. The summed E-state index contributed by atoms with van der Waals surface area (Å²) in [7, 11) is 0. The molecule has 41 heavy (non-hydrogen) atoms. The minimum Gasteiger partial charge on any atom is -0.492 e. The number of amides is 1. The Kier molecular flexibility index (Phi) is 8.24. The van der Waals surface area contributed by atoms with Crippen LogP contribution in [0.25, 0.3) is 16.5 Å². The smallest absolute Gasteiger partial charge is 0.297 e. The van der Waals surface area contributed by atoms with Gasteiger partial charge in [-0.15, -0.1) is 0 Å². The van der Waals surface area contributed by atoms with Crippen LogP contribution in [0.4, 0.5) is 5.82 Å². The molecule has 0 saturated carbocycles. The average molecular weight is 555 g/mol. The zero-order chi connectivity index (χ0) is 29.1. The molecular formula is C33H38N4O4. The second kappa shape index (κ2) is 11.8. The summed E-state index contributed by atoms with van der Waals surface area (Å²) in [6.07, 6.45) is 0. The first-order valence-corrected chi connectivity index (χ1v) is 14.1.